The Balaban J connectivity index is 2.20. The fourth-order valence-electron chi connectivity index (χ4n) is 1.96. The van der Waals surface area contributed by atoms with Crippen LogP contribution in [-0.2, 0) is 12.6 Å². The molecule has 17 heavy (non-hydrogen) atoms. The summed E-state index contributed by atoms with van der Waals surface area (Å²) in [6.45, 7) is 0. The average molecular weight is 247 g/mol. The van der Waals surface area contributed by atoms with Crippen molar-refractivity contribution in [2.45, 2.75) is 31.0 Å². The highest BCUT2D eigenvalue weighted by Gasteiger charge is 2.41. The van der Waals surface area contributed by atoms with Crippen molar-refractivity contribution in [2.75, 3.05) is 7.05 Å². The summed E-state index contributed by atoms with van der Waals surface area (Å²) in [5.41, 5.74) is -0.635. The standard InChI is InChI=1S/C12H13F4N/c1-17-11(4-5-11)7-8-2-3-9(10(13)6-8)12(14,15)16/h2-3,6,17H,4-5,7H2,1H3. The predicted octanol–water partition coefficient (Wildman–Crippen LogP) is 3.14. The predicted molar refractivity (Wildman–Crippen MR) is 56.1 cm³/mol. The maximum Gasteiger partial charge on any atom is 0.419 e. The first kappa shape index (κ1) is 12.4. The number of benzene rings is 1. The lowest BCUT2D eigenvalue weighted by atomic mass is 10.0. The van der Waals surface area contributed by atoms with Crippen molar-refractivity contribution in [1.29, 1.82) is 0 Å². The van der Waals surface area contributed by atoms with Crippen LogP contribution in [0, 0.1) is 5.82 Å². The molecule has 1 nitrogen and oxygen atoms in total. The van der Waals surface area contributed by atoms with Gasteiger partial charge in [-0.3, -0.25) is 0 Å². The smallest absolute Gasteiger partial charge is 0.314 e. The normalized spacial score (nSPS) is 18.2. The molecule has 1 aliphatic carbocycles. The molecule has 0 aromatic heterocycles. The first-order valence-electron chi connectivity index (χ1n) is 5.41. The zero-order chi connectivity index (χ0) is 12.7. The van der Waals surface area contributed by atoms with E-state index in [-0.39, 0.29) is 5.54 Å². The van der Waals surface area contributed by atoms with Crippen LogP contribution in [-0.4, -0.2) is 12.6 Å². The molecule has 0 saturated heterocycles. The molecular formula is C12H13F4N. The molecule has 0 amide bonds. The van der Waals surface area contributed by atoms with E-state index in [2.05, 4.69) is 5.32 Å². The molecule has 1 N–H and O–H groups in total. The number of rotatable bonds is 3. The molecule has 5 heteroatoms. The minimum Gasteiger partial charge on any atom is -0.314 e. The van der Waals surface area contributed by atoms with E-state index in [0.29, 0.717) is 12.0 Å². The van der Waals surface area contributed by atoms with Gasteiger partial charge < -0.3 is 5.32 Å². The Bertz CT molecular complexity index is 421. The SMILES string of the molecule is CNC1(Cc2ccc(C(F)(F)F)c(F)c2)CC1. The molecule has 0 bridgehead atoms. The average Bonchev–Trinajstić information content (AvgIpc) is 2.96. The number of likely N-dealkylation sites (N-methyl/N-ethyl adjacent to an activating group) is 1. The Morgan fingerprint density at radius 3 is 2.35 bits per heavy atom. The van der Waals surface area contributed by atoms with E-state index in [9.17, 15) is 17.6 Å². The van der Waals surface area contributed by atoms with E-state index < -0.39 is 17.6 Å². The molecule has 0 spiro atoms. The summed E-state index contributed by atoms with van der Waals surface area (Å²) < 4.78 is 50.3. The highest BCUT2D eigenvalue weighted by molar-refractivity contribution is 5.29. The topological polar surface area (TPSA) is 12.0 Å². The highest BCUT2D eigenvalue weighted by atomic mass is 19.4. The first-order valence-corrected chi connectivity index (χ1v) is 5.41. The Morgan fingerprint density at radius 1 is 1.29 bits per heavy atom. The zero-order valence-corrected chi connectivity index (χ0v) is 9.37. The highest BCUT2D eigenvalue weighted by Crippen LogP contribution is 2.39. The summed E-state index contributed by atoms with van der Waals surface area (Å²) in [4.78, 5) is 0. The molecule has 1 aromatic rings. The third-order valence-electron chi connectivity index (χ3n) is 3.27. The third kappa shape index (κ3) is 2.60. The second-order valence-electron chi connectivity index (χ2n) is 4.52. The van der Waals surface area contributed by atoms with E-state index >= 15 is 0 Å². The van der Waals surface area contributed by atoms with Crippen LogP contribution >= 0.6 is 0 Å². The molecule has 1 fully saturated rings. The van der Waals surface area contributed by atoms with Crippen LogP contribution in [0.5, 0.6) is 0 Å². The summed E-state index contributed by atoms with van der Waals surface area (Å²) in [6, 6.07) is 3.15. The van der Waals surface area contributed by atoms with Gasteiger partial charge in [0.15, 0.2) is 0 Å². The quantitative estimate of drug-likeness (QED) is 0.809. The van der Waals surface area contributed by atoms with Gasteiger partial charge in [0, 0.05) is 5.54 Å². The van der Waals surface area contributed by atoms with Gasteiger partial charge in [-0.2, -0.15) is 13.2 Å². The summed E-state index contributed by atoms with van der Waals surface area (Å²) in [6.07, 6.45) is -2.10. The van der Waals surface area contributed by atoms with Crippen LogP contribution in [0.15, 0.2) is 18.2 Å². The van der Waals surface area contributed by atoms with Crippen LogP contribution in [0.2, 0.25) is 0 Å². The van der Waals surface area contributed by atoms with Gasteiger partial charge in [0.05, 0.1) is 5.56 Å². The molecule has 1 aliphatic rings. The summed E-state index contributed by atoms with van der Waals surface area (Å²) in [5, 5.41) is 3.12. The summed E-state index contributed by atoms with van der Waals surface area (Å²) >= 11 is 0. The fourth-order valence-corrected chi connectivity index (χ4v) is 1.96. The minimum atomic E-state index is -4.62. The third-order valence-corrected chi connectivity index (χ3v) is 3.27. The van der Waals surface area contributed by atoms with Crippen LogP contribution in [0.25, 0.3) is 0 Å². The Kier molecular flexibility index (Phi) is 2.89. The summed E-state index contributed by atoms with van der Waals surface area (Å²) in [5.74, 6) is -1.19. The molecule has 0 radical (unpaired) electrons. The fraction of sp³-hybridized carbons (Fsp3) is 0.500. The van der Waals surface area contributed by atoms with Crippen molar-refractivity contribution >= 4 is 0 Å². The van der Waals surface area contributed by atoms with Gasteiger partial charge in [-0.05, 0) is 44.0 Å². The van der Waals surface area contributed by atoms with Crippen molar-refractivity contribution in [3.8, 4) is 0 Å². The number of hydrogen-bond acceptors (Lipinski definition) is 1. The molecule has 0 unspecified atom stereocenters. The number of hydrogen-bond donors (Lipinski definition) is 1. The van der Waals surface area contributed by atoms with Gasteiger partial charge in [-0.15, -0.1) is 0 Å². The van der Waals surface area contributed by atoms with E-state index in [1.165, 1.54) is 6.07 Å². The van der Waals surface area contributed by atoms with Crippen molar-refractivity contribution in [1.82, 2.24) is 5.32 Å². The lowest BCUT2D eigenvalue weighted by Crippen LogP contribution is -2.29. The van der Waals surface area contributed by atoms with E-state index in [1.54, 1.807) is 0 Å². The minimum absolute atomic E-state index is 0.0355. The molecule has 0 heterocycles. The van der Waals surface area contributed by atoms with E-state index in [0.717, 1.165) is 25.0 Å². The second kappa shape index (κ2) is 3.98. The van der Waals surface area contributed by atoms with Crippen molar-refractivity contribution in [3.05, 3.63) is 35.1 Å². The van der Waals surface area contributed by atoms with Crippen LogP contribution < -0.4 is 5.32 Å². The largest absolute Gasteiger partial charge is 0.419 e. The maximum atomic E-state index is 13.3. The first-order chi connectivity index (χ1) is 7.86. The number of alkyl halides is 3. The second-order valence-corrected chi connectivity index (χ2v) is 4.52. The molecular weight excluding hydrogens is 234 g/mol. The number of nitrogens with one attached hydrogen (secondary N) is 1. The van der Waals surface area contributed by atoms with Crippen LogP contribution in [0.4, 0.5) is 17.6 Å². The Hall–Kier alpha value is -1.10. The van der Waals surface area contributed by atoms with Gasteiger partial charge in [0.2, 0.25) is 0 Å². The van der Waals surface area contributed by atoms with Gasteiger partial charge in [0.25, 0.3) is 0 Å². The van der Waals surface area contributed by atoms with E-state index in [4.69, 9.17) is 0 Å². The van der Waals surface area contributed by atoms with Crippen LogP contribution in [0.3, 0.4) is 0 Å². The van der Waals surface area contributed by atoms with Crippen molar-refractivity contribution in [2.24, 2.45) is 0 Å². The molecule has 1 aromatic carbocycles. The Labute approximate surface area is 96.8 Å². The lowest BCUT2D eigenvalue weighted by molar-refractivity contribution is -0.140. The molecule has 2 rings (SSSR count). The van der Waals surface area contributed by atoms with Gasteiger partial charge >= 0.3 is 6.18 Å². The van der Waals surface area contributed by atoms with Gasteiger partial charge in [-0.1, -0.05) is 6.07 Å². The Morgan fingerprint density at radius 2 is 1.94 bits per heavy atom. The van der Waals surface area contributed by atoms with E-state index in [1.807, 2.05) is 7.05 Å². The molecule has 0 atom stereocenters. The van der Waals surface area contributed by atoms with Gasteiger partial charge in [-0.25, -0.2) is 4.39 Å². The zero-order valence-electron chi connectivity index (χ0n) is 9.37. The van der Waals surface area contributed by atoms with Crippen molar-refractivity contribution in [3.63, 3.8) is 0 Å². The van der Waals surface area contributed by atoms with Crippen LogP contribution in [0.1, 0.15) is 24.0 Å². The molecule has 1 saturated carbocycles. The maximum absolute atomic E-state index is 13.3. The van der Waals surface area contributed by atoms with Crippen molar-refractivity contribution < 1.29 is 17.6 Å². The van der Waals surface area contributed by atoms with Gasteiger partial charge in [0.1, 0.15) is 5.82 Å². The molecule has 0 aliphatic heterocycles. The number of halogens is 4. The monoisotopic (exact) mass is 247 g/mol. The summed E-state index contributed by atoms with van der Waals surface area (Å²) in [7, 11) is 1.81. The lowest BCUT2D eigenvalue weighted by Gasteiger charge is -2.15. The molecule has 94 valence electrons.